The Kier molecular flexibility index (Phi) is 3.65. The summed E-state index contributed by atoms with van der Waals surface area (Å²) in [5.41, 5.74) is 3.77. The lowest BCUT2D eigenvalue weighted by atomic mass is 10.1. The summed E-state index contributed by atoms with van der Waals surface area (Å²) in [6, 6.07) is 21.1. The van der Waals surface area contributed by atoms with Crippen LogP contribution < -0.4 is 0 Å². The van der Waals surface area contributed by atoms with Gasteiger partial charge in [-0.05, 0) is 30.3 Å². The van der Waals surface area contributed by atoms with E-state index in [1.807, 2.05) is 54.6 Å². The molecule has 30 heavy (non-hydrogen) atoms. The van der Waals surface area contributed by atoms with Gasteiger partial charge in [0.15, 0.2) is 0 Å². The highest BCUT2D eigenvalue weighted by molar-refractivity contribution is 6.25. The first-order valence-corrected chi connectivity index (χ1v) is 9.89. The molecule has 3 aromatic carbocycles. The van der Waals surface area contributed by atoms with E-state index in [0.717, 1.165) is 43.7 Å². The van der Waals surface area contributed by atoms with Crippen molar-refractivity contribution in [3.8, 4) is 0 Å². The van der Waals surface area contributed by atoms with Crippen LogP contribution in [0.2, 0.25) is 0 Å². The van der Waals surface area contributed by atoms with Gasteiger partial charge >= 0.3 is 6.02 Å². The van der Waals surface area contributed by atoms with Crippen molar-refractivity contribution in [1.29, 1.82) is 0 Å². The van der Waals surface area contributed by atoms with Gasteiger partial charge in [-0.2, -0.15) is 0 Å². The number of rotatable bonds is 0. The minimum Gasteiger partial charge on any atom is -0.455 e. The van der Waals surface area contributed by atoms with Crippen LogP contribution in [0.25, 0.3) is 43.7 Å². The lowest BCUT2D eigenvalue weighted by Gasteiger charge is -2.12. The van der Waals surface area contributed by atoms with E-state index in [1.54, 1.807) is 0 Å². The number of aliphatic imine (C=N–C) groups is 1. The van der Waals surface area contributed by atoms with Gasteiger partial charge in [0.05, 0.1) is 23.0 Å². The number of fused-ring (bicyclic) bond motifs is 7. The maximum atomic E-state index is 6.33. The van der Waals surface area contributed by atoms with Gasteiger partial charge in [0.1, 0.15) is 16.9 Å². The Morgan fingerprint density at radius 2 is 1.67 bits per heavy atom. The fourth-order valence-electron chi connectivity index (χ4n) is 4.17. The summed E-state index contributed by atoms with van der Waals surface area (Å²) >= 11 is 0. The largest absolute Gasteiger partial charge is 0.455 e. The summed E-state index contributed by atoms with van der Waals surface area (Å²) in [7, 11) is 0. The molecule has 2 aromatic heterocycles. The minimum absolute atomic E-state index is 0.498. The Morgan fingerprint density at radius 1 is 0.833 bits per heavy atom. The molecule has 0 aliphatic carbocycles. The second kappa shape index (κ2) is 6.49. The summed E-state index contributed by atoms with van der Waals surface area (Å²) in [5.74, 6) is 0.538. The number of furan rings is 1. The zero-order valence-corrected chi connectivity index (χ0v) is 16.2. The molecule has 0 fully saturated rings. The molecule has 1 aliphatic heterocycles. The number of ether oxygens (including phenoxy) is 1. The lowest BCUT2D eigenvalue weighted by molar-refractivity contribution is 0.418. The van der Waals surface area contributed by atoms with E-state index in [1.165, 1.54) is 0 Å². The van der Waals surface area contributed by atoms with E-state index in [2.05, 4.69) is 41.5 Å². The van der Waals surface area contributed by atoms with Crippen molar-refractivity contribution in [2.75, 3.05) is 6.54 Å². The van der Waals surface area contributed by atoms with Gasteiger partial charge in [0, 0.05) is 16.2 Å². The zero-order chi connectivity index (χ0) is 20.1. The van der Waals surface area contributed by atoms with Crippen LogP contribution in [0.15, 0.2) is 107 Å². The van der Waals surface area contributed by atoms with Gasteiger partial charge in [0.2, 0.25) is 0 Å². The first-order valence-electron chi connectivity index (χ1n) is 9.89. The van der Waals surface area contributed by atoms with Crippen molar-refractivity contribution in [2.45, 2.75) is 0 Å². The zero-order valence-electron chi connectivity index (χ0n) is 16.2. The third-order valence-electron chi connectivity index (χ3n) is 5.46. The number of benzene rings is 3. The highest BCUT2D eigenvalue weighted by atomic mass is 16.5. The maximum Gasteiger partial charge on any atom is 0.302 e. The SMILES string of the molecule is C=C1/C=C\C=C/C/N=C(/n2c3ccccc3c3c4oc5ccccc5c4ccc32)O1. The van der Waals surface area contributed by atoms with Crippen LogP contribution in [-0.4, -0.2) is 17.1 Å². The van der Waals surface area contributed by atoms with Gasteiger partial charge < -0.3 is 9.15 Å². The molecule has 0 amide bonds. The molecule has 0 unspecified atom stereocenters. The second-order valence-corrected chi connectivity index (χ2v) is 7.27. The summed E-state index contributed by atoms with van der Waals surface area (Å²) in [4.78, 5) is 4.70. The third kappa shape index (κ3) is 2.44. The first-order chi connectivity index (χ1) is 14.8. The Bertz CT molecular complexity index is 1560. The third-order valence-corrected chi connectivity index (χ3v) is 5.46. The summed E-state index contributed by atoms with van der Waals surface area (Å²) in [6.07, 6.45) is 7.68. The number of hydrogen-bond acceptors (Lipinski definition) is 3. The Balaban J connectivity index is 1.74. The fourth-order valence-corrected chi connectivity index (χ4v) is 4.17. The van der Waals surface area contributed by atoms with E-state index in [-0.39, 0.29) is 0 Å². The minimum atomic E-state index is 0.498. The lowest BCUT2D eigenvalue weighted by Crippen LogP contribution is -2.15. The average molecular weight is 390 g/mol. The van der Waals surface area contributed by atoms with Crippen molar-refractivity contribution >= 4 is 49.8 Å². The second-order valence-electron chi connectivity index (χ2n) is 7.27. The molecule has 0 saturated heterocycles. The molecule has 0 spiro atoms. The van der Waals surface area contributed by atoms with Crippen LogP contribution in [0.3, 0.4) is 0 Å². The van der Waals surface area contributed by atoms with Crippen molar-refractivity contribution in [2.24, 2.45) is 4.99 Å². The van der Waals surface area contributed by atoms with Gasteiger partial charge in [-0.25, -0.2) is 4.99 Å². The molecular formula is C26H18N2O2. The van der Waals surface area contributed by atoms with E-state index in [4.69, 9.17) is 14.1 Å². The van der Waals surface area contributed by atoms with Gasteiger partial charge in [-0.3, -0.25) is 4.57 Å². The molecule has 144 valence electrons. The summed E-state index contributed by atoms with van der Waals surface area (Å²) in [5, 5.41) is 4.38. The first kappa shape index (κ1) is 16.9. The van der Waals surface area contributed by atoms with E-state index in [9.17, 15) is 0 Å². The van der Waals surface area contributed by atoms with Gasteiger partial charge in [-0.15, -0.1) is 0 Å². The summed E-state index contributed by atoms with van der Waals surface area (Å²) in [6.45, 7) is 4.52. The van der Waals surface area contributed by atoms with Crippen molar-refractivity contribution in [3.05, 3.63) is 97.3 Å². The monoisotopic (exact) mass is 390 g/mol. The van der Waals surface area contributed by atoms with Crippen LogP contribution in [0.4, 0.5) is 0 Å². The normalized spacial score (nSPS) is 18.7. The number of para-hydroxylation sites is 2. The molecule has 0 atom stereocenters. The molecule has 4 heteroatoms. The quantitative estimate of drug-likeness (QED) is 0.301. The van der Waals surface area contributed by atoms with Crippen LogP contribution in [-0.2, 0) is 4.74 Å². The highest BCUT2D eigenvalue weighted by Gasteiger charge is 2.20. The molecule has 4 nitrogen and oxygen atoms in total. The molecule has 3 heterocycles. The number of aromatic nitrogens is 1. The van der Waals surface area contributed by atoms with Crippen LogP contribution in [0.1, 0.15) is 0 Å². The Morgan fingerprint density at radius 3 is 2.60 bits per heavy atom. The van der Waals surface area contributed by atoms with Crippen LogP contribution >= 0.6 is 0 Å². The van der Waals surface area contributed by atoms with Crippen LogP contribution in [0, 0.1) is 0 Å². The van der Waals surface area contributed by atoms with Crippen molar-refractivity contribution in [1.82, 2.24) is 4.57 Å². The molecule has 1 aliphatic rings. The molecule has 0 saturated carbocycles. The standard InChI is InChI=1S/C26H18N2O2/c1-17-9-3-2-8-16-27-26(29-17)28-21-12-6-4-11-20(21)24-22(28)15-14-19-18-10-5-7-13-23(18)30-25(19)24/h2-15H,1,16H2/b8-2-,9-3-,27-26-. The predicted octanol–water partition coefficient (Wildman–Crippen LogP) is 6.55. The smallest absolute Gasteiger partial charge is 0.302 e. The van der Waals surface area contributed by atoms with Crippen LogP contribution in [0.5, 0.6) is 0 Å². The number of nitrogens with zero attached hydrogens (tertiary/aromatic N) is 2. The van der Waals surface area contributed by atoms with E-state index >= 15 is 0 Å². The Labute approximate surface area is 172 Å². The number of allylic oxidation sites excluding steroid dienone is 3. The van der Waals surface area contributed by atoms with E-state index < -0.39 is 0 Å². The van der Waals surface area contributed by atoms with E-state index in [0.29, 0.717) is 18.3 Å². The molecule has 6 rings (SSSR count). The fraction of sp³-hybridized carbons (Fsp3) is 0.0385. The highest BCUT2D eigenvalue weighted by Crippen LogP contribution is 2.39. The molecule has 5 aromatic rings. The van der Waals surface area contributed by atoms with Crippen molar-refractivity contribution in [3.63, 3.8) is 0 Å². The molecular weight excluding hydrogens is 372 g/mol. The molecule has 0 bridgehead atoms. The predicted molar refractivity (Wildman–Crippen MR) is 123 cm³/mol. The number of hydrogen-bond donors (Lipinski definition) is 0. The average Bonchev–Trinajstić information content (AvgIpc) is 3.32. The van der Waals surface area contributed by atoms with Gasteiger partial charge in [0.25, 0.3) is 0 Å². The Hall–Kier alpha value is -4.05. The van der Waals surface area contributed by atoms with Crippen molar-refractivity contribution < 1.29 is 9.15 Å². The molecule has 0 radical (unpaired) electrons. The molecule has 0 N–H and O–H groups in total. The topological polar surface area (TPSA) is 39.7 Å². The maximum absolute atomic E-state index is 6.33. The van der Waals surface area contributed by atoms with Gasteiger partial charge in [-0.1, -0.05) is 61.2 Å². The summed E-state index contributed by atoms with van der Waals surface area (Å²) < 4.78 is 14.4.